The van der Waals surface area contributed by atoms with Crippen molar-refractivity contribution in [3.63, 3.8) is 0 Å². The predicted octanol–water partition coefficient (Wildman–Crippen LogP) is 7.10. The predicted molar refractivity (Wildman–Crippen MR) is 134 cm³/mol. The Labute approximate surface area is 192 Å². The highest BCUT2D eigenvalue weighted by molar-refractivity contribution is 5.91. The monoisotopic (exact) mass is 415 g/mol. The lowest BCUT2D eigenvalue weighted by Gasteiger charge is -2.32. The Bertz CT molecular complexity index is 1320. The van der Waals surface area contributed by atoms with Crippen LogP contribution in [-0.2, 0) is 10.8 Å². The van der Waals surface area contributed by atoms with Gasteiger partial charge in [-0.3, -0.25) is 0 Å². The van der Waals surface area contributed by atoms with Gasteiger partial charge in [0.1, 0.15) is 0 Å². The molecule has 1 unspecified atom stereocenters. The number of fused-ring (bicyclic) bond motifs is 6. The Morgan fingerprint density at radius 2 is 1.47 bits per heavy atom. The summed E-state index contributed by atoms with van der Waals surface area (Å²) in [6.45, 7) is 9.35. The summed E-state index contributed by atoms with van der Waals surface area (Å²) in [4.78, 5) is 2.38. The normalized spacial score (nSPS) is 20.8. The average molecular weight is 416 g/mol. The van der Waals surface area contributed by atoms with Gasteiger partial charge in [0, 0.05) is 23.4 Å². The lowest BCUT2D eigenvalue weighted by Crippen LogP contribution is -2.32. The van der Waals surface area contributed by atoms with Crippen LogP contribution in [0.4, 0.5) is 5.69 Å². The third-order valence-corrected chi connectivity index (χ3v) is 8.06. The lowest BCUT2D eigenvalue weighted by molar-refractivity contribution is 0.645. The van der Waals surface area contributed by atoms with Crippen LogP contribution in [0.1, 0.15) is 56.4 Å². The van der Waals surface area contributed by atoms with Gasteiger partial charge in [-0.1, -0.05) is 94.4 Å². The first kappa shape index (κ1) is 19.4. The molecule has 6 rings (SSSR count). The molecule has 3 aromatic carbocycles. The van der Waals surface area contributed by atoms with E-state index >= 15 is 0 Å². The molecule has 0 aliphatic heterocycles. The molecule has 0 fully saturated rings. The van der Waals surface area contributed by atoms with E-state index in [4.69, 9.17) is 0 Å². The largest absolute Gasteiger partial charge is 0.361 e. The average Bonchev–Trinajstić information content (AvgIpc) is 3.18. The second-order valence-corrected chi connectivity index (χ2v) is 10.5. The second-order valence-electron chi connectivity index (χ2n) is 10.5. The van der Waals surface area contributed by atoms with Gasteiger partial charge in [0.25, 0.3) is 0 Å². The van der Waals surface area contributed by atoms with Gasteiger partial charge in [-0.2, -0.15) is 0 Å². The standard InChI is InChI=1S/C31H29N/c1-30(2)27-13-9-7-11-23(27)25-18-20(15-17-28(25)30)32(5)21-14-16-24-22-10-6-8-12-26(22)31(3,4)29(24)19-21/h6-13,17-20H,15H2,1-5H3. The molecule has 32 heavy (non-hydrogen) atoms. The fourth-order valence-electron chi connectivity index (χ4n) is 6.11. The van der Waals surface area contributed by atoms with E-state index in [2.05, 4.69) is 119 Å². The molecule has 0 aromatic heterocycles. The summed E-state index contributed by atoms with van der Waals surface area (Å²) in [6.07, 6.45) is 5.96. The van der Waals surface area contributed by atoms with Crippen molar-refractivity contribution in [2.45, 2.75) is 51.0 Å². The molecule has 0 amide bonds. The van der Waals surface area contributed by atoms with Gasteiger partial charge in [0.15, 0.2) is 0 Å². The summed E-state index contributed by atoms with van der Waals surface area (Å²) in [5, 5.41) is 0. The number of likely N-dealkylation sites (N-methyl/N-ethyl adjacent to an activating group) is 1. The first-order chi connectivity index (χ1) is 15.3. The van der Waals surface area contributed by atoms with Crippen LogP contribution in [0.2, 0.25) is 0 Å². The van der Waals surface area contributed by atoms with E-state index in [0.29, 0.717) is 6.04 Å². The van der Waals surface area contributed by atoms with Crippen LogP contribution in [0.5, 0.6) is 0 Å². The molecular formula is C31H29N. The van der Waals surface area contributed by atoms with Gasteiger partial charge in [-0.25, -0.2) is 0 Å². The molecule has 1 nitrogen and oxygen atoms in total. The number of allylic oxidation sites excluding steroid dienone is 2. The molecule has 0 spiro atoms. The smallest absolute Gasteiger partial charge is 0.0889 e. The minimum atomic E-state index is -0.0143. The summed E-state index contributed by atoms with van der Waals surface area (Å²) < 4.78 is 0. The number of anilines is 1. The third-order valence-electron chi connectivity index (χ3n) is 8.06. The van der Waals surface area contributed by atoms with Crippen LogP contribution in [0.25, 0.3) is 16.7 Å². The molecule has 3 aliphatic carbocycles. The first-order valence-electron chi connectivity index (χ1n) is 11.6. The van der Waals surface area contributed by atoms with Crippen LogP contribution in [0.15, 0.2) is 72.3 Å². The van der Waals surface area contributed by atoms with Crippen LogP contribution in [0, 0.1) is 12.1 Å². The Morgan fingerprint density at radius 3 is 2.22 bits per heavy atom. The second kappa shape index (κ2) is 6.39. The quantitative estimate of drug-likeness (QED) is 0.431. The van der Waals surface area contributed by atoms with Crippen LogP contribution in [0.3, 0.4) is 0 Å². The molecule has 3 aliphatic rings. The highest BCUT2D eigenvalue weighted by atomic mass is 15.1. The fourth-order valence-corrected chi connectivity index (χ4v) is 6.11. The van der Waals surface area contributed by atoms with E-state index in [9.17, 15) is 0 Å². The number of hydrogen-bond acceptors (Lipinski definition) is 1. The molecule has 0 saturated carbocycles. The summed E-state index contributed by atoms with van der Waals surface area (Å²) in [6, 6.07) is 27.3. The minimum absolute atomic E-state index is 0.0143. The van der Waals surface area contributed by atoms with Crippen molar-refractivity contribution in [1.82, 2.24) is 0 Å². The minimum Gasteiger partial charge on any atom is -0.361 e. The van der Waals surface area contributed by atoms with Crippen molar-refractivity contribution in [3.05, 3.63) is 107 Å². The van der Waals surface area contributed by atoms with E-state index in [1.165, 1.54) is 44.5 Å². The van der Waals surface area contributed by atoms with Crippen LogP contribution in [-0.4, -0.2) is 13.1 Å². The first-order valence-corrected chi connectivity index (χ1v) is 11.6. The van der Waals surface area contributed by atoms with Crippen LogP contribution < -0.4 is 4.90 Å². The highest BCUT2D eigenvalue weighted by Crippen LogP contribution is 2.52. The molecule has 158 valence electrons. The molecule has 0 radical (unpaired) electrons. The number of nitrogens with zero attached hydrogens (tertiary/aromatic N) is 1. The molecule has 0 heterocycles. The van der Waals surface area contributed by atoms with Crippen molar-refractivity contribution in [3.8, 4) is 11.1 Å². The SMILES string of the molecule is CN(c1c#cc2c(c1)C(C)(C)c1ccccc1-2)C1C=C2C(=CC1)C(C)(C)c1ccccc12. The maximum Gasteiger partial charge on any atom is 0.0889 e. The van der Waals surface area contributed by atoms with Crippen molar-refractivity contribution < 1.29 is 0 Å². The van der Waals surface area contributed by atoms with Gasteiger partial charge in [-0.05, 0) is 57.5 Å². The summed E-state index contributed by atoms with van der Waals surface area (Å²) >= 11 is 0. The Balaban J connectivity index is 1.38. The zero-order chi connectivity index (χ0) is 22.3. The van der Waals surface area contributed by atoms with Crippen LogP contribution >= 0.6 is 0 Å². The van der Waals surface area contributed by atoms with E-state index in [-0.39, 0.29) is 10.8 Å². The molecule has 1 heteroatoms. The molecule has 0 bridgehead atoms. The zero-order valence-corrected chi connectivity index (χ0v) is 19.6. The summed E-state index contributed by atoms with van der Waals surface area (Å²) in [7, 11) is 2.20. The number of benzene rings is 2. The topological polar surface area (TPSA) is 3.24 Å². The van der Waals surface area contributed by atoms with Gasteiger partial charge < -0.3 is 4.90 Å². The molecule has 1 atom stereocenters. The number of hydrogen-bond donors (Lipinski definition) is 0. The maximum atomic E-state index is 3.52. The zero-order valence-electron chi connectivity index (χ0n) is 19.6. The Kier molecular flexibility index (Phi) is 3.89. The molecular weight excluding hydrogens is 386 g/mol. The summed E-state index contributed by atoms with van der Waals surface area (Å²) in [5.41, 5.74) is 12.1. The summed E-state index contributed by atoms with van der Waals surface area (Å²) in [5.74, 6) is 0. The molecule has 0 saturated heterocycles. The van der Waals surface area contributed by atoms with Crippen molar-refractivity contribution in [1.29, 1.82) is 0 Å². The highest BCUT2D eigenvalue weighted by Gasteiger charge is 2.40. The van der Waals surface area contributed by atoms with E-state index < -0.39 is 0 Å². The van der Waals surface area contributed by atoms with Gasteiger partial charge in [0.2, 0.25) is 0 Å². The van der Waals surface area contributed by atoms with E-state index in [0.717, 1.165) is 12.1 Å². The molecule has 0 N–H and O–H groups in total. The van der Waals surface area contributed by atoms with Gasteiger partial charge >= 0.3 is 0 Å². The van der Waals surface area contributed by atoms with Crippen molar-refractivity contribution >= 4 is 11.3 Å². The van der Waals surface area contributed by atoms with E-state index in [1.807, 2.05) is 0 Å². The third kappa shape index (κ3) is 2.47. The Morgan fingerprint density at radius 1 is 0.812 bits per heavy atom. The van der Waals surface area contributed by atoms with Gasteiger partial charge in [-0.15, -0.1) is 0 Å². The van der Waals surface area contributed by atoms with Crippen molar-refractivity contribution in [2.24, 2.45) is 0 Å². The van der Waals surface area contributed by atoms with E-state index in [1.54, 1.807) is 0 Å². The Hall–Kier alpha value is -3.24. The number of rotatable bonds is 2. The maximum absolute atomic E-state index is 3.52. The van der Waals surface area contributed by atoms with Gasteiger partial charge in [0.05, 0.1) is 11.7 Å². The van der Waals surface area contributed by atoms with Crippen molar-refractivity contribution in [2.75, 3.05) is 11.9 Å². The fraction of sp³-hybridized carbons (Fsp3) is 0.290. The lowest BCUT2D eigenvalue weighted by atomic mass is 9.80. The molecule has 3 aromatic rings.